The topological polar surface area (TPSA) is 55.4 Å². The van der Waals surface area contributed by atoms with Gasteiger partial charge in [-0.15, -0.1) is 12.4 Å². The Labute approximate surface area is 89.8 Å². The Morgan fingerprint density at radius 3 is 2.79 bits per heavy atom. The lowest BCUT2D eigenvalue weighted by Gasteiger charge is -2.24. The molecule has 0 bridgehead atoms. The Balaban J connectivity index is 0.00000169. The molecule has 2 unspecified atom stereocenters. The Morgan fingerprint density at radius 2 is 2.21 bits per heavy atom. The third kappa shape index (κ3) is 2.96. The lowest BCUT2D eigenvalue weighted by atomic mass is 9.90. The Bertz CT molecular complexity index is 220. The molecule has 0 aromatic heterocycles. The van der Waals surface area contributed by atoms with Crippen molar-refractivity contribution in [3.8, 4) is 0 Å². The molecule has 1 aliphatic heterocycles. The number of Topliss-reactive ketones (excluding diaryl/α,β-unsaturated/α-hetero) is 1. The highest BCUT2D eigenvalue weighted by Gasteiger charge is 2.34. The molecule has 0 aromatic rings. The molecular weight excluding hydrogens is 206 g/mol. The molecule has 4 nitrogen and oxygen atoms in total. The standard InChI is InChI=1S/C9H15NO3.ClH/c1-3-13-9(12)7-5-10-4-6(2)8(7)11;/h6-7,10H,3-5H2,1-2H3;1H. The number of hydrogen-bond acceptors (Lipinski definition) is 4. The zero-order chi connectivity index (χ0) is 9.84. The summed E-state index contributed by atoms with van der Waals surface area (Å²) in [5, 5.41) is 3.03. The summed E-state index contributed by atoms with van der Waals surface area (Å²) in [7, 11) is 0. The highest BCUT2D eigenvalue weighted by Crippen LogP contribution is 2.12. The van der Waals surface area contributed by atoms with Crippen LogP contribution in [0.25, 0.3) is 0 Å². The number of piperidine rings is 1. The molecule has 0 radical (unpaired) electrons. The first-order valence-electron chi connectivity index (χ1n) is 4.58. The molecule has 0 amide bonds. The van der Waals surface area contributed by atoms with Crippen LogP contribution in [-0.2, 0) is 14.3 Å². The van der Waals surface area contributed by atoms with E-state index in [1.807, 2.05) is 6.92 Å². The summed E-state index contributed by atoms with van der Waals surface area (Å²) >= 11 is 0. The van der Waals surface area contributed by atoms with E-state index in [4.69, 9.17) is 4.74 Å². The average Bonchev–Trinajstić information content (AvgIpc) is 2.10. The molecule has 1 N–H and O–H groups in total. The SMILES string of the molecule is CCOC(=O)C1CNCC(C)C1=O.Cl. The summed E-state index contributed by atoms with van der Waals surface area (Å²) in [5.41, 5.74) is 0. The summed E-state index contributed by atoms with van der Waals surface area (Å²) in [6, 6.07) is 0. The fourth-order valence-electron chi connectivity index (χ4n) is 1.43. The maximum atomic E-state index is 11.5. The first-order valence-corrected chi connectivity index (χ1v) is 4.58. The minimum Gasteiger partial charge on any atom is -0.465 e. The van der Waals surface area contributed by atoms with E-state index in [0.29, 0.717) is 19.7 Å². The molecule has 0 spiro atoms. The number of carbonyl (C=O) groups is 2. The second-order valence-electron chi connectivity index (χ2n) is 3.27. The molecule has 2 atom stereocenters. The van der Waals surface area contributed by atoms with Crippen molar-refractivity contribution in [3.05, 3.63) is 0 Å². The van der Waals surface area contributed by atoms with Crippen LogP contribution in [0.2, 0.25) is 0 Å². The van der Waals surface area contributed by atoms with Crippen LogP contribution in [0.15, 0.2) is 0 Å². The molecule has 1 aliphatic rings. The first kappa shape index (κ1) is 13.4. The van der Waals surface area contributed by atoms with Gasteiger partial charge in [-0.2, -0.15) is 0 Å². The van der Waals surface area contributed by atoms with E-state index < -0.39 is 11.9 Å². The number of rotatable bonds is 2. The van der Waals surface area contributed by atoms with Gasteiger partial charge in [0.15, 0.2) is 5.78 Å². The van der Waals surface area contributed by atoms with Gasteiger partial charge >= 0.3 is 5.97 Å². The molecule has 0 aromatic carbocycles. The maximum Gasteiger partial charge on any atom is 0.317 e. The Hall–Kier alpha value is -0.610. The van der Waals surface area contributed by atoms with Gasteiger partial charge in [-0.25, -0.2) is 0 Å². The number of halogens is 1. The van der Waals surface area contributed by atoms with Crippen molar-refractivity contribution < 1.29 is 14.3 Å². The van der Waals surface area contributed by atoms with Crippen LogP contribution in [0.3, 0.4) is 0 Å². The number of nitrogens with one attached hydrogen (secondary N) is 1. The fourth-order valence-corrected chi connectivity index (χ4v) is 1.43. The number of carbonyl (C=O) groups excluding carboxylic acids is 2. The predicted octanol–water partition coefficient (Wildman–Crippen LogP) is 0.396. The number of hydrogen-bond donors (Lipinski definition) is 1. The van der Waals surface area contributed by atoms with Crippen molar-refractivity contribution in [3.63, 3.8) is 0 Å². The van der Waals surface area contributed by atoms with E-state index in [0.717, 1.165) is 0 Å². The van der Waals surface area contributed by atoms with Crippen molar-refractivity contribution in [1.29, 1.82) is 0 Å². The summed E-state index contributed by atoms with van der Waals surface area (Å²) in [6.45, 7) is 4.97. The van der Waals surface area contributed by atoms with Crippen molar-refractivity contribution in [2.75, 3.05) is 19.7 Å². The molecule has 0 saturated carbocycles. The Morgan fingerprint density at radius 1 is 1.57 bits per heavy atom. The highest BCUT2D eigenvalue weighted by atomic mass is 35.5. The van der Waals surface area contributed by atoms with Gasteiger partial charge in [-0.05, 0) is 6.92 Å². The van der Waals surface area contributed by atoms with Crippen LogP contribution in [0.5, 0.6) is 0 Å². The molecule has 1 rings (SSSR count). The predicted molar refractivity (Wildman–Crippen MR) is 54.4 cm³/mol. The van der Waals surface area contributed by atoms with Crippen LogP contribution < -0.4 is 5.32 Å². The largest absolute Gasteiger partial charge is 0.465 e. The van der Waals surface area contributed by atoms with E-state index in [1.54, 1.807) is 6.92 Å². The molecule has 0 aliphatic carbocycles. The van der Waals surface area contributed by atoms with Gasteiger partial charge in [0.25, 0.3) is 0 Å². The van der Waals surface area contributed by atoms with Crippen LogP contribution in [-0.4, -0.2) is 31.4 Å². The van der Waals surface area contributed by atoms with Crippen LogP contribution >= 0.6 is 12.4 Å². The number of ketones is 1. The minimum atomic E-state index is -0.594. The average molecular weight is 222 g/mol. The molecule has 14 heavy (non-hydrogen) atoms. The van der Waals surface area contributed by atoms with Gasteiger partial charge in [0, 0.05) is 19.0 Å². The first-order chi connectivity index (χ1) is 6.16. The van der Waals surface area contributed by atoms with Crippen molar-refractivity contribution in [1.82, 2.24) is 5.32 Å². The van der Waals surface area contributed by atoms with Crippen molar-refractivity contribution in [2.24, 2.45) is 11.8 Å². The van der Waals surface area contributed by atoms with E-state index in [1.165, 1.54) is 0 Å². The second-order valence-corrected chi connectivity index (χ2v) is 3.27. The Kier molecular flexibility index (Phi) is 5.72. The van der Waals surface area contributed by atoms with Gasteiger partial charge in [0.1, 0.15) is 5.92 Å². The van der Waals surface area contributed by atoms with E-state index >= 15 is 0 Å². The van der Waals surface area contributed by atoms with Gasteiger partial charge in [0.2, 0.25) is 0 Å². The quantitative estimate of drug-likeness (QED) is 0.542. The van der Waals surface area contributed by atoms with Gasteiger partial charge < -0.3 is 10.1 Å². The summed E-state index contributed by atoms with van der Waals surface area (Å²) in [5.74, 6) is -1.07. The monoisotopic (exact) mass is 221 g/mol. The van der Waals surface area contributed by atoms with E-state index in [9.17, 15) is 9.59 Å². The summed E-state index contributed by atoms with van der Waals surface area (Å²) in [4.78, 5) is 22.8. The van der Waals surface area contributed by atoms with Crippen LogP contribution in [0.4, 0.5) is 0 Å². The maximum absolute atomic E-state index is 11.5. The number of ether oxygens (including phenoxy) is 1. The van der Waals surface area contributed by atoms with Crippen molar-refractivity contribution in [2.45, 2.75) is 13.8 Å². The minimum absolute atomic E-state index is 0. The highest BCUT2D eigenvalue weighted by molar-refractivity contribution is 6.00. The van der Waals surface area contributed by atoms with Gasteiger partial charge in [-0.1, -0.05) is 6.92 Å². The normalized spacial score (nSPS) is 26.6. The summed E-state index contributed by atoms with van der Waals surface area (Å²) < 4.78 is 4.80. The molecule has 1 heterocycles. The van der Waals surface area contributed by atoms with Gasteiger partial charge in [-0.3, -0.25) is 9.59 Å². The summed E-state index contributed by atoms with van der Waals surface area (Å²) in [6.07, 6.45) is 0. The molecule has 5 heteroatoms. The van der Waals surface area contributed by atoms with E-state index in [2.05, 4.69) is 5.32 Å². The molecule has 1 saturated heterocycles. The molecular formula is C9H16ClNO3. The van der Waals surface area contributed by atoms with E-state index in [-0.39, 0.29) is 24.1 Å². The molecule has 82 valence electrons. The van der Waals surface area contributed by atoms with Crippen molar-refractivity contribution >= 4 is 24.2 Å². The van der Waals surface area contributed by atoms with Gasteiger partial charge in [0.05, 0.1) is 6.61 Å². The zero-order valence-electron chi connectivity index (χ0n) is 8.41. The lowest BCUT2D eigenvalue weighted by Crippen LogP contribution is -2.46. The second kappa shape index (κ2) is 5.98. The number of esters is 1. The molecule has 1 fully saturated rings. The zero-order valence-corrected chi connectivity index (χ0v) is 9.23. The third-order valence-electron chi connectivity index (χ3n) is 2.20. The smallest absolute Gasteiger partial charge is 0.317 e. The van der Waals surface area contributed by atoms with Crippen LogP contribution in [0.1, 0.15) is 13.8 Å². The third-order valence-corrected chi connectivity index (χ3v) is 2.20. The lowest BCUT2D eigenvalue weighted by molar-refractivity contribution is -0.153. The van der Waals surface area contributed by atoms with Crippen LogP contribution in [0, 0.1) is 11.8 Å². The fraction of sp³-hybridized carbons (Fsp3) is 0.778.